The number of nitrogens with zero attached hydrogens (tertiary/aromatic N) is 1. The van der Waals surface area contributed by atoms with Crippen molar-refractivity contribution in [3.05, 3.63) is 40.3 Å². The number of esters is 1. The fraction of sp³-hybridized carbons (Fsp3) is 0.267. The molecule has 0 radical (unpaired) electrons. The number of imide groups is 1. The summed E-state index contributed by atoms with van der Waals surface area (Å²) < 4.78 is 4.58. The summed E-state index contributed by atoms with van der Waals surface area (Å²) in [6, 6.07) is 6.67. The Morgan fingerprint density at radius 2 is 2.10 bits per heavy atom. The van der Waals surface area contributed by atoms with Crippen LogP contribution in [0, 0.1) is 6.92 Å². The molecule has 1 atom stereocenters. The topological polar surface area (TPSA) is 63.7 Å². The quantitative estimate of drug-likeness (QED) is 0.634. The number of rotatable bonds is 3. The molecule has 110 valence electrons. The van der Waals surface area contributed by atoms with Crippen LogP contribution in [-0.4, -0.2) is 35.2 Å². The molecule has 5 nitrogen and oxygen atoms in total. The lowest BCUT2D eigenvalue weighted by molar-refractivity contribution is -0.148. The Morgan fingerprint density at radius 1 is 1.38 bits per heavy atom. The van der Waals surface area contributed by atoms with E-state index in [2.05, 4.69) is 4.74 Å². The SMILES string of the molecule is COC(=O)C(C)N1C(=O)SC(=Cc2cccc(C)c2)C1=O. The highest BCUT2D eigenvalue weighted by atomic mass is 32.2. The number of amides is 2. The Balaban J connectivity index is 2.28. The number of aryl methyl sites for hydroxylation is 1. The Hall–Kier alpha value is -2.08. The maximum atomic E-state index is 12.3. The van der Waals surface area contributed by atoms with E-state index in [0.29, 0.717) is 4.91 Å². The minimum atomic E-state index is -0.925. The van der Waals surface area contributed by atoms with Crippen LogP contribution < -0.4 is 0 Å². The van der Waals surface area contributed by atoms with Gasteiger partial charge in [0.2, 0.25) is 0 Å². The van der Waals surface area contributed by atoms with Crippen LogP contribution in [-0.2, 0) is 14.3 Å². The zero-order valence-electron chi connectivity index (χ0n) is 12.0. The van der Waals surface area contributed by atoms with Crippen LogP contribution in [0.25, 0.3) is 6.08 Å². The fourth-order valence-electron chi connectivity index (χ4n) is 2.00. The van der Waals surface area contributed by atoms with Crippen molar-refractivity contribution in [3.63, 3.8) is 0 Å². The first-order valence-corrected chi connectivity index (χ1v) is 7.17. The third-order valence-corrected chi connectivity index (χ3v) is 3.98. The van der Waals surface area contributed by atoms with Crippen molar-refractivity contribution in [3.8, 4) is 0 Å². The van der Waals surface area contributed by atoms with E-state index in [1.165, 1.54) is 14.0 Å². The van der Waals surface area contributed by atoms with Gasteiger partial charge in [0.25, 0.3) is 11.1 Å². The molecule has 1 saturated heterocycles. The summed E-state index contributed by atoms with van der Waals surface area (Å²) in [6.07, 6.45) is 1.65. The monoisotopic (exact) mass is 305 g/mol. The predicted octanol–water partition coefficient (Wildman–Crippen LogP) is 2.59. The molecule has 1 aromatic rings. The second-order valence-electron chi connectivity index (χ2n) is 4.66. The molecule has 0 spiro atoms. The molecule has 1 aliphatic heterocycles. The van der Waals surface area contributed by atoms with E-state index >= 15 is 0 Å². The summed E-state index contributed by atoms with van der Waals surface area (Å²) in [5.74, 6) is -1.08. The molecule has 2 amide bonds. The zero-order valence-corrected chi connectivity index (χ0v) is 12.8. The van der Waals surface area contributed by atoms with Gasteiger partial charge in [0, 0.05) is 0 Å². The zero-order chi connectivity index (χ0) is 15.6. The van der Waals surface area contributed by atoms with Gasteiger partial charge in [-0.25, -0.2) is 4.79 Å². The predicted molar refractivity (Wildman–Crippen MR) is 80.5 cm³/mol. The highest BCUT2D eigenvalue weighted by molar-refractivity contribution is 8.18. The molecule has 1 heterocycles. The number of benzene rings is 1. The van der Waals surface area contributed by atoms with Crippen LogP contribution in [0.2, 0.25) is 0 Å². The highest BCUT2D eigenvalue weighted by Gasteiger charge is 2.41. The summed E-state index contributed by atoms with van der Waals surface area (Å²) in [4.78, 5) is 36.9. The van der Waals surface area contributed by atoms with Gasteiger partial charge in [0.1, 0.15) is 6.04 Å². The van der Waals surface area contributed by atoms with Gasteiger partial charge >= 0.3 is 5.97 Å². The van der Waals surface area contributed by atoms with Gasteiger partial charge in [-0.2, -0.15) is 0 Å². The van der Waals surface area contributed by atoms with Gasteiger partial charge in [-0.15, -0.1) is 0 Å². The lowest BCUT2D eigenvalue weighted by atomic mass is 10.1. The van der Waals surface area contributed by atoms with E-state index in [0.717, 1.165) is 27.8 Å². The van der Waals surface area contributed by atoms with Crippen LogP contribution in [0.3, 0.4) is 0 Å². The van der Waals surface area contributed by atoms with Crippen molar-refractivity contribution in [2.75, 3.05) is 7.11 Å². The number of carbonyl (C=O) groups is 3. The minimum Gasteiger partial charge on any atom is -0.467 e. The molecule has 1 aliphatic rings. The average Bonchev–Trinajstić information content (AvgIpc) is 2.72. The van der Waals surface area contributed by atoms with Gasteiger partial charge in [-0.05, 0) is 37.2 Å². The smallest absolute Gasteiger partial charge is 0.328 e. The first-order chi connectivity index (χ1) is 9.93. The van der Waals surface area contributed by atoms with E-state index in [-0.39, 0.29) is 0 Å². The van der Waals surface area contributed by atoms with Crippen LogP contribution in [0.15, 0.2) is 29.2 Å². The number of methoxy groups -OCH3 is 1. The molecule has 0 aromatic heterocycles. The number of hydrogen-bond donors (Lipinski definition) is 0. The molecular formula is C15H15NO4S. The summed E-state index contributed by atoms with van der Waals surface area (Å²) in [6.45, 7) is 3.42. The Labute approximate surface area is 127 Å². The van der Waals surface area contributed by atoms with Crippen LogP contribution in [0.5, 0.6) is 0 Å². The van der Waals surface area contributed by atoms with E-state index < -0.39 is 23.2 Å². The molecule has 6 heteroatoms. The fourth-order valence-corrected chi connectivity index (χ4v) is 2.91. The summed E-state index contributed by atoms with van der Waals surface area (Å²) in [5.41, 5.74) is 1.90. The van der Waals surface area contributed by atoms with Crippen molar-refractivity contribution in [2.45, 2.75) is 19.9 Å². The van der Waals surface area contributed by atoms with E-state index in [1.54, 1.807) is 6.08 Å². The standard InChI is InChI=1S/C15H15NO4S/c1-9-5-4-6-11(7-9)8-12-13(17)16(15(19)21-12)10(2)14(18)20-3/h4-8,10H,1-3H3. The maximum absolute atomic E-state index is 12.3. The average molecular weight is 305 g/mol. The molecule has 0 saturated carbocycles. The largest absolute Gasteiger partial charge is 0.467 e. The number of thioether (sulfide) groups is 1. The lowest BCUT2D eigenvalue weighted by Gasteiger charge is -2.18. The van der Waals surface area contributed by atoms with Gasteiger partial charge in [0.05, 0.1) is 12.0 Å². The highest BCUT2D eigenvalue weighted by Crippen LogP contribution is 2.33. The lowest BCUT2D eigenvalue weighted by Crippen LogP contribution is -2.42. The molecule has 21 heavy (non-hydrogen) atoms. The van der Waals surface area contributed by atoms with Crippen molar-refractivity contribution in [2.24, 2.45) is 0 Å². The number of ether oxygens (including phenoxy) is 1. The summed E-state index contributed by atoms with van der Waals surface area (Å²) in [7, 11) is 1.22. The molecule has 1 aromatic carbocycles. The second-order valence-corrected chi connectivity index (χ2v) is 5.66. The first kappa shape index (κ1) is 15.3. The van der Waals surface area contributed by atoms with Crippen molar-refractivity contribution < 1.29 is 19.1 Å². The van der Waals surface area contributed by atoms with Crippen LogP contribution in [0.1, 0.15) is 18.1 Å². The van der Waals surface area contributed by atoms with Crippen LogP contribution in [0.4, 0.5) is 4.79 Å². The maximum Gasteiger partial charge on any atom is 0.328 e. The number of hydrogen-bond acceptors (Lipinski definition) is 5. The van der Waals surface area contributed by atoms with E-state index in [4.69, 9.17) is 0 Å². The third-order valence-electron chi connectivity index (χ3n) is 3.09. The molecular weight excluding hydrogens is 290 g/mol. The Morgan fingerprint density at radius 3 is 2.71 bits per heavy atom. The van der Waals surface area contributed by atoms with Crippen molar-refractivity contribution in [1.29, 1.82) is 0 Å². The molecule has 0 bridgehead atoms. The third kappa shape index (κ3) is 3.16. The molecule has 0 N–H and O–H groups in total. The molecule has 0 aliphatic carbocycles. The Kier molecular flexibility index (Phi) is 4.47. The second kappa shape index (κ2) is 6.13. The van der Waals surface area contributed by atoms with Gasteiger partial charge in [-0.3, -0.25) is 14.5 Å². The normalized spacial score (nSPS) is 18.2. The molecule has 1 fully saturated rings. The number of carbonyl (C=O) groups excluding carboxylic acids is 3. The first-order valence-electron chi connectivity index (χ1n) is 6.35. The summed E-state index contributed by atoms with van der Waals surface area (Å²) >= 11 is 0.829. The van der Waals surface area contributed by atoms with Gasteiger partial charge in [-0.1, -0.05) is 29.8 Å². The summed E-state index contributed by atoms with van der Waals surface area (Å²) in [5, 5.41) is -0.461. The van der Waals surface area contributed by atoms with Gasteiger partial charge in [0.15, 0.2) is 0 Å². The van der Waals surface area contributed by atoms with Crippen molar-refractivity contribution in [1.82, 2.24) is 4.90 Å². The minimum absolute atomic E-state index is 0.307. The van der Waals surface area contributed by atoms with Crippen LogP contribution >= 0.6 is 11.8 Å². The van der Waals surface area contributed by atoms with Crippen molar-refractivity contribution >= 4 is 35.0 Å². The Bertz CT molecular complexity index is 638. The molecule has 1 unspecified atom stereocenters. The molecule has 2 rings (SSSR count). The van der Waals surface area contributed by atoms with E-state index in [1.807, 2.05) is 31.2 Å². The van der Waals surface area contributed by atoms with Gasteiger partial charge < -0.3 is 4.74 Å². The van der Waals surface area contributed by atoms with E-state index in [9.17, 15) is 14.4 Å².